The normalized spacial score (nSPS) is 14.3. The first-order valence-electron chi connectivity index (χ1n) is 10.7. The van der Waals surface area contributed by atoms with Crippen LogP contribution in [-0.4, -0.2) is 35.6 Å². The molecule has 3 aromatic carbocycles. The van der Waals surface area contributed by atoms with E-state index in [1.807, 2.05) is 24.3 Å². The number of carbonyl (C=O) groups excluding carboxylic acids is 3. The average Bonchev–Trinajstić information content (AvgIpc) is 3.12. The number of rotatable bonds is 8. The third-order valence-electron chi connectivity index (χ3n) is 5.10. The fourth-order valence-electron chi connectivity index (χ4n) is 3.30. The highest BCUT2D eigenvalue weighted by Crippen LogP contribution is 2.34. The molecule has 0 radical (unpaired) electrons. The summed E-state index contributed by atoms with van der Waals surface area (Å²) in [7, 11) is 1.51. The van der Waals surface area contributed by atoms with Crippen molar-refractivity contribution in [1.29, 1.82) is 0 Å². The second kappa shape index (κ2) is 11.4. The van der Waals surface area contributed by atoms with E-state index in [1.54, 1.807) is 24.3 Å². The Hall–Kier alpha value is -3.63. The fourth-order valence-corrected chi connectivity index (χ4v) is 4.40. The van der Waals surface area contributed by atoms with Gasteiger partial charge in [0.25, 0.3) is 11.1 Å². The highest BCUT2D eigenvalue weighted by molar-refractivity contribution is 9.10. The van der Waals surface area contributed by atoms with Crippen LogP contribution in [0.15, 0.2) is 76.1 Å². The summed E-state index contributed by atoms with van der Waals surface area (Å²) >= 11 is 4.15. The number of ether oxygens (including phenoxy) is 2. The largest absolute Gasteiger partial charge is 0.493 e. The van der Waals surface area contributed by atoms with Crippen molar-refractivity contribution in [2.45, 2.75) is 6.61 Å². The van der Waals surface area contributed by atoms with Gasteiger partial charge in [0, 0.05) is 10.2 Å². The topological polar surface area (TPSA) is 84.9 Å². The molecular formula is C26H20BrFN2O5S. The van der Waals surface area contributed by atoms with Gasteiger partial charge in [-0.15, -0.1) is 0 Å². The first kappa shape index (κ1) is 25.5. The second-order valence-corrected chi connectivity index (χ2v) is 9.56. The van der Waals surface area contributed by atoms with Crippen LogP contribution in [0.3, 0.4) is 0 Å². The van der Waals surface area contributed by atoms with Gasteiger partial charge in [0.1, 0.15) is 19.0 Å². The van der Waals surface area contributed by atoms with Gasteiger partial charge in [0.15, 0.2) is 11.5 Å². The lowest BCUT2D eigenvalue weighted by molar-refractivity contribution is -0.127. The number of nitrogens with one attached hydrogen (secondary N) is 1. The van der Waals surface area contributed by atoms with Gasteiger partial charge in [-0.1, -0.05) is 34.1 Å². The predicted molar refractivity (Wildman–Crippen MR) is 139 cm³/mol. The maximum Gasteiger partial charge on any atom is 0.294 e. The van der Waals surface area contributed by atoms with E-state index in [9.17, 15) is 18.8 Å². The maximum atomic E-state index is 13.0. The zero-order valence-electron chi connectivity index (χ0n) is 19.0. The van der Waals surface area contributed by atoms with E-state index in [0.717, 1.165) is 26.7 Å². The monoisotopic (exact) mass is 570 g/mol. The molecule has 1 aliphatic rings. The quantitative estimate of drug-likeness (QED) is 0.342. The van der Waals surface area contributed by atoms with E-state index < -0.39 is 29.4 Å². The zero-order valence-corrected chi connectivity index (χ0v) is 21.4. The molecule has 4 rings (SSSR count). The molecule has 1 heterocycles. The summed E-state index contributed by atoms with van der Waals surface area (Å²) in [6.45, 7) is -0.104. The molecule has 1 saturated heterocycles. The van der Waals surface area contributed by atoms with E-state index in [0.29, 0.717) is 29.4 Å². The molecule has 1 aliphatic heterocycles. The molecule has 3 amide bonds. The van der Waals surface area contributed by atoms with Crippen molar-refractivity contribution in [1.82, 2.24) is 4.90 Å². The SMILES string of the molecule is COc1cc(/C=C2\SC(=O)N(CC(=O)Nc3ccc(F)cc3)C2=O)ccc1OCc1ccc(Br)cc1. The average molecular weight is 571 g/mol. The molecule has 0 aromatic heterocycles. The van der Waals surface area contributed by atoms with E-state index in [4.69, 9.17) is 9.47 Å². The summed E-state index contributed by atoms with van der Waals surface area (Å²) in [6.07, 6.45) is 1.56. The highest BCUT2D eigenvalue weighted by Gasteiger charge is 2.36. The van der Waals surface area contributed by atoms with E-state index in [2.05, 4.69) is 21.2 Å². The molecule has 0 bridgehead atoms. The summed E-state index contributed by atoms with van der Waals surface area (Å²) in [5, 5.41) is 1.98. The molecule has 0 spiro atoms. The van der Waals surface area contributed by atoms with Crippen molar-refractivity contribution in [3.8, 4) is 11.5 Å². The lowest BCUT2D eigenvalue weighted by Gasteiger charge is -2.12. The number of benzene rings is 3. The molecule has 1 fully saturated rings. The van der Waals surface area contributed by atoms with Gasteiger partial charge in [0.2, 0.25) is 5.91 Å². The third kappa shape index (κ3) is 6.32. The van der Waals surface area contributed by atoms with E-state index in [1.165, 1.54) is 31.4 Å². The Kier molecular flexibility index (Phi) is 8.07. The van der Waals surface area contributed by atoms with E-state index in [-0.39, 0.29) is 4.91 Å². The Balaban J connectivity index is 1.42. The molecule has 36 heavy (non-hydrogen) atoms. The number of carbonyl (C=O) groups is 3. The van der Waals surface area contributed by atoms with Crippen LogP contribution in [0.1, 0.15) is 11.1 Å². The Morgan fingerprint density at radius 1 is 1.06 bits per heavy atom. The number of anilines is 1. The van der Waals surface area contributed by atoms with Crippen molar-refractivity contribution in [2.24, 2.45) is 0 Å². The molecule has 0 aliphatic carbocycles. The van der Waals surface area contributed by atoms with E-state index >= 15 is 0 Å². The van der Waals surface area contributed by atoms with Gasteiger partial charge in [-0.2, -0.15) is 0 Å². The van der Waals surface area contributed by atoms with Gasteiger partial charge in [0.05, 0.1) is 12.0 Å². The first-order chi connectivity index (χ1) is 17.3. The number of thioether (sulfide) groups is 1. The third-order valence-corrected chi connectivity index (χ3v) is 6.53. The van der Waals surface area contributed by atoms with Gasteiger partial charge in [-0.25, -0.2) is 4.39 Å². The van der Waals surface area contributed by atoms with Crippen LogP contribution in [0.25, 0.3) is 6.08 Å². The van der Waals surface area contributed by atoms with Gasteiger partial charge in [-0.3, -0.25) is 19.3 Å². The molecule has 0 saturated carbocycles. The summed E-state index contributed by atoms with van der Waals surface area (Å²) in [5.74, 6) is -0.584. The van der Waals surface area contributed by atoms with Crippen LogP contribution in [0.4, 0.5) is 14.9 Å². The zero-order chi connectivity index (χ0) is 25.7. The van der Waals surface area contributed by atoms with Crippen molar-refractivity contribution in [2.75, 3.05) is 19.0 Å². The summed E-state index contributed by atoms with van der Waals surface area (Å²) < 4.78 is 25.3. The lowest BCUT2D eigenvalue weighted by Crippen LogP contribution is -2.36. The standard InChI is InChI=1S/C26H20BrFN2O5S/c1-34-22-12-17(4-11-21(22)35-15-16-2-5-18(27)6-3-16)13-23-25(32)30(26(33)36-23)14-24(31)29-20-9-7-19(28)8-10-20/h2-13H,14-15H2,1H3,(H,29,31)/b23-13-. The molecule has 10 heteroatoms. The van der Waals surface area contributed by atoms with Crippen LogP contribution in [0, 0.1) is 5.82 Å². The summed E-state index contributed by atoms with van der Waals surface area (Å²) in [5.41, 5.74) is 1.98. The smallest absolute Gasteiger partial charge is 0.294 e. The fraction of sp³-hybridized carbons (Fsp3) is 0.115. The van der Waals surface area contributed by atoms with Crippen molar-refractivity contribution in [3.63, 3.8) is 0 Å². The number of hydrogen-bond donors (Lipinski definition) is 1. The highest BCUT2D eigenvalue weighted by atomic mass is 79.9. The molecule has 184 valence electrons. The van der Waals surface area contributed by atoms with Gasteiger partial charge >= 0.3 is 0 Å². The minimum Gasteiger partial charge on any atom is -0.493 e. The predicted octanol–water partition coefficient (Wildman–Crippen LogP) is 5.85. The molecule has 0 unspecified atom stereocenters. The lowest BCUT2D eigenvalue weighted by atomic mass is 10.1. The van der Waals surface area contributed by atoms with Crippen LogP contribution in [0.2, 0.25) is 0 Å². The van der Waals surface area contributed by atoms with Gasteiger partial charge < -0.3 is 14.8 Å². The molecule has 1 N–H and O–H groups in total. The summed E-state index contributed by atoms with van der Waals surface area (Å²) in [6, 6.07) is 18.1. The van der Waals surface area contributed by atoms with Crippen LogP contribution < -0.4 is 14.8 Å². The van der Waals surface area contributed by atoms with Crippen LogP contribution >= 0.6 is 27.7 Å². The molecular weight excluding hydrogens is 551 g/mol. The van der Waals surface area contributed by atoms with Crippen LogP contribution in [0.5, 0.6) is 11.5 Å². The van der Waals surface area contributed by atoms with Crippen LogP contribution in [-0.2, 0) is 16.2 Å². The Morgan fingerprint density at radius 2 is 1.78 bits per heavy atom. The Labute approximate surface area is 219 Å². The second-order valence-electron chi connectivity index (χ2n) is 7.65. The summed E-state index contributed by atoms with van der Waals surface area (Å²) in [4.78, 5) is 38.5. The van der Waals surface area contributed by atoms with Crippen molar-refractivity contribution >= 4 is 56.5 Å². The number of imide groups is 1. The molecule has 3 aromatic rings. The molecule has 7 nitrogen and oxygen atoms in total. The number of halogens is 2. The minimum atomic E-state index is -0.575. The Bertz CT molecular complexity index is 1330. The number of hydrogen-bond acceptors (Lipinski definition) is 6. The Morgan fingerprint density at radius 3 is 2.47 bits per heavy atom. The number of amides is 3. The number of methoxy groups -OCH3 is 1. The van der Waals surface area contributed by atoms with Crippen molar-refractivity contribution < 1.29 is 28.2 Å². The maximum absolute atomic E-state index is 13.0. The van der Waals surface area contributed by atoms with Gasteiger partial charge in [-0.05, 0) is 77.5 Å². The molecule has 0 atom stereocenters. The first-order valence-corrected chi connectivity index (χ1v) is 12.3. The minimum absolute atomic E-state index is 0.181. The van der Waals surface area contributed by atoms with Crippen molar-refractivity contribution in [3.05, 3.63) is 93.1 Å². The number of nitrogens with zero attached hydrogens (tertiary/aromatic N) is 1.